The van der Waals surface area contributed by atoms with E-state index in [2.05, 4.69) is 30.9 Å². The molecule has 0 saturated heterocycles. The van der Waals surface area contributed by atoms with Gasteiger partial charge in [-0.1, -0.05) is 12.1 Å². The highest BCUT2D eigenvalue weighted by Gasteiger charge is 2.09. The van der Waals surface area contributed by atoms with Crippen LogP contribution in [0.4, 0.5) is 5.82 Å². The zero-order valence-corrected chi connectivity index (χ0v) is 13.8. The summed E-state index contributed by atoms with van der Waals surface area (Å²) >= 11 is 5.17. The van der Waals surface area contributed by atoms with Crippen LogP contribution in [0.15, 0.2) is 40.3 Å². The molecule has 3 aromatic heterocycles. The fourth-order valence-corrected chi connectivity index (χ4v) is 4.13. The molecule has 0 radical (unpaired) electrons. The molecule has 6 heteroatoms. The van der Waals surface area contributed by atoms with Crippen LogP contribution in [-0.2, 0) is 0 Å². The average Bonchev–Trinajstić information content (AvgIpc) is 3.11. The van der Waals surface area contributed by atoms with E-state index < -0.39 is 0 Å². The first kappa shape index (κ1) is 13.5. The lowest BCUT2D eigenvalue weighted by molar-refractivity contribution is 1.29. The Morgan fingerprint density at radius 3 is 2.95 bits per heavy atom. The van der Waals surface area contributed by atoms with E-state index in [-0.39, 0.29) is 0 Å². The maximum Gasteiger partial charge on any atom is 0.133 e. The quantitative estimate of drug-likeness (QED) is 0.537. The third-order valence-electron chi connectivity index (χ3n) is 3.44. The van der Waals surface area contributed by atoms with Gasteiger partial charge in [-0.3, -0.25) is 0 Å². The Hall–Kier alpha value is -2.18. The second-order valence-electron chi connectivity index (χ2n) is 4.86. The highest BCUT2D eigenvalue weighted by atomic mass is 79.9. The Morgan fingerprint density at radius 1 is 1.23 bits per heavy atom. The maximum atomic E-state index is 5.95. The molecule has 0 amide bonds. The number of anilines is 1. The molecule has 108 valence electrons. The van der Waals surface area contributed by atoms with Gasteiger partial charge in [0.25, 0.3) is 0 Å². The minimum Gasteiger partial charge on any atom is -0.383 e. The number of hydrogen-bond donors (Lipinski definition) is 2. The first-order valence-corrected chi connectivity index (χ1v) is 8.33. The normalized spacial score (nSPS) is 11.9. The number of aromatic amines is 1. The standard InChI is InChI=1S/C16H11BrN4S/c17-10-8-22-15-9(7-19-16(18)14(10)15)5-6-13-20-11-3-1-2-4-12(11)21-13/h1-8H,(H2,18,19)(H,20,21). The van der Waals surface area contributed by atoms with Gasteiger partial charge in [-0.15, -0.1) is 11.3 Å². The van der Waals surface area contributed by atoms with Crippen molar-refractivity contribution in [1.82, 2.24) is 15.0 Å². The highest BCUT2D eigenvalue weighted by Crippen LogP contribution is 2.36. The monoisotopic (exact) mass is 370 g/mol. The molecule has 0 bridgehead atoms. The van der Waals surface area contributed by atoms with Crippen LogP contribution in [-0.4, -0.2) is 15.0 Å². The number of halogens is 1. The molecule has 3 N–H and O–H groups in total. The van der Waals surface area contributed by atoms with Crippen LogP contribution >= 0.6 is 27.3 Å². The molecule has 0 spiro atoms. The maximum absolute atomic E-state index is 5.95. The number of nitrogens with two attached hydrogens (primary N) is 1. The number of imidazole rings is 1. The van der Waals surface area contributed by atoms with Crippen molar-refractivity contribution in [3.8, 4) is 0 Å². The van der Waals surface area contributed by atoms with Crippen molar-refractivity contribution >= 4 is 66.4 Å². The number of aromatic nitrogens is 3. The van der Waals surface area contributed by atoms with E-state index in [1.54, 1.807) is 17.5 Å². The van der Waals surface area contributed by atoms with Crippen LogP contribution in [0.1, 0.15) is 11.4 Å². The second kappa shape index (κ2) is 5.23. The van der Waals surface area contributed by atoms with Gasteiger partial charge in [0.05, 0.1) is 11.0 Å². The van der Waals surface area contributed by atoms with E-state index in [1.807, 2.05) is 41.8 Å². The SMILES string of the molecule is Nc1ncc(C=Cc2nc3ccccc3[nH]2)c2scc(Br)c12. The molecular formula is C16H11BrN4S. The summed E-state index contributed by atoms with van der Waals surface area (Å²) in [6.45, 7) is 0. The summed E-state index contributed by atoms with van der Waals surface area (Å²) in [6.07, 6.45) is 5.76. The fourth-order valence-electron chi connectivity index (χ4n) is 2.39. The zero-order chi connectivity index (χ0) is 15.1. The Labute approximate surface area is 138 Å². The molecule has 0 aliphatic carbocycles. The lowest BCUT2D eigenvalue weighted by atomic mass is 10.2. The Morgan fingerprint density at radius 2 is 2.09 bits per heavy atom. The first-order valence-electron chi connectivity index (χ1n) is 6.66. The molecule has 0 unspecified atom stereocenters. The summed E-state index contributed by atoms with van der Waals surface area (Å²) < 4.78 is 2.10. The molecule has 4 nitrogen and oxygen atoms in total. The molecule has 0 saturated carbocycles. The Kier molecular flexibility index (Phi) is 3.20. The average molecular weight is 371 g/mol. The van der Waals surface area contributed by atoms with E-state index in [0.29, 0.717) is 5.82 Å². The van der Waals surface area contributed by atoms with Gasteiger partial charge in [-0.2, -0.15) is 0 Å². The number of rotatable bonds is 2. The minimum absolute atomic E-state index is 0.545. The number of nitrogen functional groups attached to an aromatic ring is 1. The molecule has 0 atom stereocenters. The smallest absolute Gasteiger partial charge is 0.133 e. The van der Waals surface area contributed by atoms with E-state index in [0.717, 1.165) is 37.0 Å². The number of fused-ring (bicyclic) bond motifs is 2. The molecule has 3 heterocycles. The van der Waals surface area contributed by atoms with Gasteiger partial charge in [-0.05, 0) is 40.2 Å². The van der Waals surface area contributed by atoms with Crippen LogP contribution in [0.5, 0.6) is 0 Å². The van der Waals surface area contributed by atoms with Gasteiger partial charge in [-0.25, -0.2) is 9.97 Å². The summed E-state index contributed by atoms with van der Waals surface area (Å²) in [7, 11) is 0. The topological polar surface area (TPSA) is 67.6 Å². The number of benzene rings is 1. The third-order valence-corrected chi connectivity index (χ3v) is 5.39. The number of para-hydroxylation sites is 2. The lowest BCUT2D eigenvalue weighted by Gasteiger charge is -2.00. The van der Waals surface area contributed by atoms with Crippen molar-refractivity contribution in [2.75, 3.05) is 5.73 Å². The summed E-state index contributed by atoms with van der Waals surface area (Å²) in [5.41, 5.74) is 8.97. The van der Waals surface area contributed by atoms with Crippen LogP contribution in [0.3, 0.4) is 0 Å². The van der Waals surface area contributed by atoms with Crippen LogP contribution in [0, 0.1) is 0 Å². The van der Waals surface area contributed by atoms with E-state index in [1.165, 1.54) is 0 Å². The Balaban J connectivity index is 1.78. The number of hydrogen-bond acceptors (Lipinski definition) is 4. The number of nitrogens with zero attached hydrogens (tertiary/aromatic N) is 2. The van der Waals surface area contributed by atoms with Gasteiger partial charge in [0.15, 0.2) is 0 Å². The number of thiophene rings is 1. The van der Waals surface area contributed by atoms with E-state index >= 15 is 0 Å². The zero-order valence-electron chi connectivity index (χ0n) is 11.4. The predicted molar refractivity (Wildman–Crippen MR) is 96.8 cm³/mol. The van der Waals surface area contributed by atoms with Gasteiger partial charge in [0, 0.05) is 31.7 Å². The molecule has 0 fully saturated rings. The van der Waals surface area contributed by atoms with Crippen molar-refractivity contribution in [3.05, 3.63) is 51.7 Å². The molecule has 22 heavy (non-hydrogen) atoms. The van der Waals surface area contributed by atoms with Gasteiger partial charge < -0.3 is 10.7 Å². The number of H-pyrrole nitrogens is 1. The Bertz CT molecular complexity index is 983. The molecule has 0 aliphatic rings. The third kappa shape index (κ3) is 2.20. The summed E-state index contributed by atoms with van der Waals surface area (Å²) in [5.74, 6) is 1.37. The fraction of sp³-hybridized carbons (Fsp3) is 0. The molecule has 1 aromatic carbocycles. The van der Waals surface area contributed by atoms with Crippen molar-refractivity contribution in [2.45, 2.75) is 0 Å². The lowest BCUT2D eigenvalue weighted by Crippen LogP contribution is -1.91. The van der Waals surface area contributed by atoms with Crippen molar-refractivity contribution in [3.63, 3.8) is 0 Å². The molecular weight excluding hydrogens is 360 g/mol. The molecule has 4 aromatic rings. The van der Waals surface area contributed by atoms with Gasteiger partial charge in [0.1, 0.15) is 11.6 Å². The van der Waals surface area contributed by atoms with Crippen molar-refractivity contribution < 1.29 is 0 Å². The molecule has 0 aliphatic heterocycles. The van der Waals surface area contributed by atoms with Crippen LogP contribution in [0.25, 0.3) is 33.3 Å². The summed E-state index contributed by atoms with van der Waals surface area (Å²) in [4.78, 5) is 12.1. The van der Waals surface area contributed by atoms with Crippen molar-refractivity contribution in [1.29, 1.82) is 0 Å². The van der Waals surface area contributed by atoms with Crippen molar-refractivity contribution in [2.24, 2.45) is 0 Å². The van der Waals surface area contributed by atoms with E-state index in [4.69, 9.17) is 5.73 Å². The van der Waals surface area contributed by atoms with Gasteiger partial charge in [0.2, 0.25) is 0 Å². The van der Waals surface area contributed by atoms with E-state index in [9.17, 15) is 0 Å². The number of nitrogens with one attached hydrogen (secondary N) is 1. The van der Waals surface area contributed by atoms with Crippen LogP contribution < -0.4 is 5.73 Å². The largest absolute Gasteiger partial charge is 0.383 e. The predicted octanol–water partition coefficient (Wildman–Crippen LogP) is 4.69. The molecule has 4 rings (SSSR count). The minimum atomic E-state index is 0.545. The second-order valence-corrected chi connectivity index (χ2v) is 6.59. The van der Waals surface area contributed by atoms with Gasteiger partial charge >= 0.3 is 0 Å². The number of pyridine rings is 1. The van der Waals surface area contributed by atoms with Crippen LogP contribution in [0.2, 0.25) is 0 Å². The summed E-state index contributed by atoms with van der Waals surface area (Å²) in [5, 5.41) is 3.00. The summed E-state index contributed by atoms with van der Waals surface area (Å²) in [6, 6.07) is 7.97. The first-order chi connectivity index (χ1) is 10.7. The highest BCUT2D eigenvalue weighted by molar-refractivity contribution is 9.10.